The Balaban J connectivity index is 3.51. The minimum atomic E-state index is -0.708. The summed E-state index contributed by atoms with van der Waals surface area (Å²) in [6.07, 6.45) is 7.60. The van der Waals surface area contributed by atoms with Gasteiger partial charge in [-0.2, -0.15) is 0 Å². The van der Waals surface area contributed by atoms with Gasteiger partial charge < -0.3 is 10.4 Å². The van der Waals surface area contributed by atoms with Gasteiger partial charge in [0.05, 0.1) is 0 Å². The SMILES string of the molecule is CCCCC(NCCCCCC(C)C)C(=O)O. The van der Waals surface area contributed by atoms with Gasteiger partial charge in [-0.3, -0.25) is 4.79 Å². The van der Waals surface area contributed by atoms with Gasteiger partial charge in [-0.05, 0) is 25.3 Å². The van der Waals surface area contributed by atoms with Crippen molar-refractivity contribution in [2.24, 2.45) is 5.92 Å². The maximum atomic E-state index is 11.0. The summed E-state index contributed by atoms with van der Waals surface area (Å²) < 4.78 is 0. The van der Waals surface area contributed by atoms with E-state index in [1.807, 2.05) is 0 Å². The highest BCUT2D eigenvalue weighted by Gasteiger charge is 2.14. The number of carbonyl (C=O) groups is 1. The Kier molecular flexibility index (Phi) is 10.2. The number of hydrogen-bond donors (Lipinski definition) is 2. The van der Waals surface area contributed by atoms with Gasteiger partial charge in [0.25, 0.3) is 0 Å². The molecule has 0 aromatic carbocycles. The first-order chi connectivity index (χ1) is 8.07. The molecule has 0 bridgehead atoms. The molecule has 0 aromatic rings. The van der Waals surface area contributed by atoms with Gasteiger partial charge >= 0.3 is 5.97 Å². The molecule has 0 fully saturated rings. The molecule has 0 saturated heterocycles. The first-order valence-corrected chi connectivity index (χ1v) is 7.04. The molecule has 0 aliphatic carbocycles. The second kappa shape index (κ2) is 10.6. The van der Waals surface area contributed by atoms with Gasteiger partial charge in [-0.15, -0.1) is 0 Å². The lowest BCUT2D eigenvalue weighted by Crippen LogP contribution is -2.37. The molecule has 0 aromatic heterocycles. The second-order valence-electron chi connectivity index (χ2n) is 5.23. The summed E-state index contributed by atoms with van der Waals surface area (Å²) in [4.78, 5) is 11.0. The molecule has 0 radical (unpaired) electrons. The molecule has 102 valence electrons. The van der Waals surface area contributed by atoms with Gasteiger partial charge in [0.15, 0.2) is 0 Å². The molecule has 0 aliphatic heterocycles. The molecular weight excluding hydrogens is 214 g/mol. The number of unbranched alkanes of at least 4 members (excludes halogenated alkanes) is 3. The molecule has 2 N–H and O–H groups in total. The van der Waals surface area contributed by atoms with Crippen LogP contribution in [0.5, 0.6) is 0 Å². The van der Waals surface area contributed by atoms with E-state index in [4.69, 9.17) is 5.11 Å². The maximum absolute atomic E-state index is 11.0. The van der Waals surface area contributed by atoms with Crippen LogP contribution >= 0.6 is 0 Å². The molecular formula is C14H29NO2. The largest absolute Gasteiger partial charge is 0.480 e. The van der Waals surface area contributed by atoms with Crippen LogP contribution in [0.4, 0.5) is 0 Å². The number of aliphatic carboxylic acids is 1. The lowest BCUT2D eigenvalue weighted by molar-refractivity contribution is -0.139. The fourth-order valence-electron chi connectivity index (χ4n) is 1.85. The highest BCUT2D eigenvalue weighted by molar-refractivity contribution is 5.73. The number of rotatable bonds is 11. The Morgan fingerprint density at radius 2 is 1.82 bits per heavy atom. The van der Waals surface area contributed by atoms with Gasteiger partial charge in [0, 0.05) is 0 Å². The van der Waals surface area contributed by atoms with Crippen LogP contribution in [0.2, 0.25) is 0 Å². The van der Waals surface area contributed by atoms with Crippen LogP contribution in [-0.2, 0) is 4.79 Å². The zero-order valence-corrected chi connectivity index (χ0v) is 11.7. The van der Waals surface area contributed by atoms with E-state index in [-0.39, 0.29) is 6.04 Å². The Bertz CT molecular complexity index is 193. The average Bonchev–Trinajstić information content (AvgIpc) is 2.26. The third-order valence-electron chi connectivity index (χ3n) is 2.99. The highest BCUT2D eigenvalue weighted by atomic mass is 16.4. The first kappa shape index (κ1) is 16.4. The summed E-state index contributed by atoms with van der Waals surface area (Å²) in [5.41, 5.74) is 0. The van der Waals surface area contributed by atoms with E-state index < -0.39 is 5.97 Å². The van der Waals surface area contributed by atoms with E-state index in [2.05, 4.69) is 26.1 Å². The van der Waals surface area contributed by atoms with Crippen molar-refractivity contribution in [3.8, 4) is 0 Å². The van der Waals surface area contributed by atoms with Crippen LogP contribution in [0.1, 0.15) is 65.7 Å². The molecule has 0 spiro atoms. The summed E-state index contributed by atoms with van der Waals surface area (Å²) in [5, 5.41) is 12.2. The highest BCUT2D eigenvalue weighted by Crippen LogP contribution is 2.08. The summed E-state index contributed by atoms with van der Waals surface area (Å²) in [7, 11) is 0. The van der Waals surface area contributed by atoms with Gasteiger partial charge in [-0.25, -0.2) is 0 Å². The van der Waals surface area contributed by atoms with Crippen molar-refractivity contribution in [2.75, 3.05) is 6.54 Å². The second-order valence-corrected chi connectivity index (χ2v) is 5.23. The van der Waals surface area contributed by atoms with Crippen molar-refractivity contribution < 1.29 is 9.90 Å². The summed E-state index contributed by atoms with van der Waals surface area (Å²) in [6.45, 7) is 7.40. The Morgan fingerprint density at radius 1 is 1.12 bits per heavy atom. The lowest BCUT2D eigenvalue weighted by atomic mass is 10.1. The zero-order valence-electron chi connectivity index (χ0n) is 11.7. The van der Waals surface area contributed by atoms with E-state index in [0.717, 1.165) is 38.1 Å². The summed E-state index contributed by atoms with van der Waals surface area (Å²) >= 11 is 0. The molecule has 1 unspecified atom stereocenters. The average molecular weight is 243 g/mol. The van der Waals surface area contributed by atoms with Crippen molar-refractivity contribution in [2.45, 2.75) is 71.8 Å². The Hall–Kier alpha value is -0.570. The molecule has 0 saturated carbocycles. The fourth-order valence-corrected chi connectivity index (χ4v) is 1.85. The standard InChI is InChI=1S/C14H29NO2/c1-4-5-10-13(14(16)17)15-11-8-6-7-9-12(2)3/h12-13,15H,4-11H2,1-3H3,(H,16,17). The molecule has 3 heteroatoms. The van der Waals surface area contributed by atoms with Gasteiger partial charge in [0.2, 0.25) is 0 Å². The van der Waals surface area contributed by atoms with E-state index in [0.29, 0.717) is 0 Å². The smallest absolute Gasteiger partial charge is 0.320 e. The number of nitrogens with one attached hydrogen (secondary N) is 1. The van der Waals surface area contributed by atoms with Crippen molar-refractivity contribution in [3.05, 3.63) is 0 Å². The van der Waals surface area contributed by atoms with Crippen LogP contribution in [0.15, 0.2) is 0 Å². The zero-order chi connectivity index (χ0) is 13.1. The molecule has 3 nitrogen and oxygen atoms in total. The third-order valence-corrected chi connectivity index (χ3v) is 2.99. The van der Waals surface area contributed by atoms with E-state index in [1.165, 1.54) is 19.3 Å². The molecule has 1 atom stereocenters. The summed E-state index contributed by atoms with van der Waals surface area (Å²) in [5.74, 6) is 0.0694. The molecule has 0 amide bonds. The topological polar surface area (TPSA) is 49.3 Å². The number of hydrogen-bond acceptors (Lipinski definition) is 2. The van der Waals surface area contributed by atoms with E-state index in [9.17, 15) is 4.79 Å². The number of carboxylic acid groups (broad SMARTS) is 1. The van der Waals surface area contributed by atoms with Crippen LogP contribution < -0.4 is 5.32 Å². The minimum absolute atomic E-state index is 0.347. The molecule has 17 heavy (non-hydrogen) atoms. The van der Waals surface area contributed by atoms with Crippen molar-refractivity contribution in [3.63, 3.8) is 0 Å². The van der Waals surface area contributed by atoms with E-state index >= 15 is 0 Å². The Morgan fingerprint density at radius 3 is 2.35 bits per heavy atom. The third kappa shape index (κ3) is 10.3. The van der Waals surface area contributed by atoms with Crippen molar-refractivity contribution in [1.82, 2.24) is 5.32 Å². The minimum Gasteiger partial charge on any atom is -0.480 e. The predicted molar refractivity (Wildman–Crippen MR) is 72.3 cm³/mol. The quantitative estimate of drug-likeness (QED) is 0.547. The van der Waals surface area contributed by atoms with Crippen molar-refractivity contribution >= 4 is 5.97 Å². The van der Waals surface area contributed by atoms with E-state index in [1.54, 1.807) is 0 Å². The van der Waals surface area contributed by atoms with Crippen LogP contribution in [0, 0.1) is 5.92 Å². The maximum Gasteiger partial charge on any atom is 0.320 e. The van der Waals surface area contributed by atoms with Crippen LogP contribution in [0.3, 0.4) is 0 Å². The van der Waals surface area contributed by atoms with Crippen molar-refractivity contribution in [1.29, 1.82) is 0 Å². The molecule has 0 rings (SSSR count). The molecule has 0 heterocycles. The lowest BCUT2D eigenvalue weighted by Gasteiger charge is -2.13. The molecule has 0 aliphatic rings. The normalized spacial score (nSPS) is 12.9. The van der Waals surface area contributed by atoms with Crippen LogP contribution in [0.25, 0.3) is 0 Å². The van der Waals surface area contributed by atoms with Crippen LogP contribution in [-0.4, -0.2) is 23.7 Å². The summed E-state index contributed by atoms with van der Waals surface area (Å²) in [6, 6.07) is -0.347. The Labute approximate surface area is 106 Å². The fraction of sp³-hybridized carbons (Fsp3) is 0.929. The first-order valence-electron chi connectivity index (χ1n) is 7.04. The monoisotopic (exact) mass is 243 g/mol. The number of carboxylic acids is 1. The predicted octanol–water partition coefficient (Wildman–Crippen LogP) is 3.44. The van der Waals surface area contributed by atoms with Gasteiger partial charge in [-0.1, -0.05) is 52.9 Å². The van der Waals surface area contributed by atoms with Gasteiger partial charge in [0.1, 0.15) is 6.04 Å².